The lowest BCUT2D eigenvalue weighted by molar-refractivity contribution is 0.615. The number of rotatable bonds is 4. The predicted octanol–water partition coefficient (Wildman–Crippen LogP) is 3.14. The minimum absolute atomic E-state index is 0.220. The van der Waals surface area contributed by atoms with Gasteiger partial charge in [-0.3, -0.25) is 4.99 Å². The number of guanidine groups is 1. The molecule has 0 aliphatic carbocycles. The van der Waals surface area contributed by atoms with Gasteiger partial charge in [0.15, 0.2) is 5.96 Å². The van der Waals surface area contributed by atoms with Crippen molar-refractivity contribution < 1.29 is 8.78 Å². The van der Waals surface area contributed by atoms with Crippen molar-refractivity contribution in [3.05, 3.63) is 70.8 Å². The standard InChI is InChI=1S/C17H19F2N3/c1-12-6-7-14(9-16(12)19)11-22-17(20-2)21-10-13-4-3-5-15(18)8-13/h3-9H,10-11H2,1-2H3,(H2,20,21,22). The zero-order valence-corrected chi connectivity index (χ0v) is 12.7. The average Bonchev–Trinajstić information content (AvgIpc) is 2.51. The number of aliphatic imine (C=N–C) groups is 1. The molecule has 0 aliphatic heterocycles. The second-order valence-corrected chi connectivity index (χ2v) is 4.99. The van der Waals surface area contributed by atoms with Crippen LogP contribution in [0.3, 0.4) is 0 Å². The van der Waals surface area contributed by atoms with E-state index in [0.717, 1.165) is 11.1 Å². The van der Waals surface area contributed by atoms with Crippen LogP contribution in [0.15, 0.2) is 47.5 Å². The van der Waals surface area contributed by atoms with Crippen LogP contribution >= 0.6 is 0 Å². The summed E-state index contributed by atoms with van der Waals surface area (Å²) in [5.41, 5.74) is 2.28. The van der Waals surface area contributed by atoms with Crippen molar-refractivity contribution in [1.82, 2.24) is 10.6 Å². The Morgan fingerprint density at radius 3 is 2.27 bits per heavy atom. The molecule has 0 unspecified atom stereocenters. The van der Waals surface area contributed by atoms with Gasteiger partial charge in [-0.05, 0) is 41.8 Å². The van der Waals surface area contributed by atoms with E-state index in [-0.39, 0.29) is 11.6 Å². The van der Waals surface area contributed by atoms with Crippen molar-refractivity contribution in [2.45, 2.75) is 20.0 Å². The zero-order chi connectivity index (χ0) is 15.9. The Hall–Kier alpha value is -2.43. The number of nitrogens with zero attached hydrogens (tertiary/aromatic N) is 1. The maximum Gasteiger partial charge on any atom is 0.191 e. The Bertz CT molecular complexity index is 669. The third kappa shape index (κ3) is 4.55. The quantitative estimate of drug-likeness (QED) is 0.672. The summed E-state index contributed by atoms with van der Waals surface area (Å²) in [6.45, 7) is 2.64. The maximum absolute atomic E-state index is 13.5. The van der Waals surface area contributed by atoms with Crippen LogP contribution in [0.5, 0.6) is 0 Å². The Morgan fingerprint density at radius 2 is 1.68 bits per heavy atom. The molecule has 0 radical (unpaired) electrons. The molecule has 0 aromatic heterocycles. The number of benzene rings is 2. The lowest BCUT2D eigenvalue weighted by Crippen LogP contribution is -2.36. The van der Waals surface area contributed by atoms with Gasteiger partial charge in [-0.1, -0.05) is 24.3 Å². The zero-order valence-electron chi connectivity index (χ0n) is 12.7. The molecule has 5 heteroatoms. The Morgan fingerprint density at radius 1 is 1.00 bits per heavy atom. The summed E-state index contributed by atoms with van der Waals surface area (Å²) < 4.78 is 26.6. The molecular formula is C17H19F2N3. The largest absolute Gasteiger partial charge is 0.352 e. The SMILES string of the molecule is CN=C(NCc1cccc(F)c1)NCc1ccc(C)c(F)c1. The van der Waals surface area contributed by atoms with Crippen LogP contribution < -0.4 is 10.6 Å². The Labute approximate surface area is 129 Å². The normalized spacial score (nSPS) is 11.4. The smallest absolute Gasteiger partial charge is 0.191 e. The first-order valence-corrected chi connectivity index (χ1v) is 7.02. The van der Waals surface area contributed by atoms with Gasteiger partial charge in [0.1, 0.15) is 11.6 Å². The van der Waals surface area contributed by atoms with Crippen molar-refractivity contribution in [3.8, 4) is 0 Å². The highest BCUT2D eigenvalue weighted by molar-refractivity contribution is 5.79. The predicted molar refractivity (Wildman–Crippen MR) is 84.6 cm³/mol. The molecule has 3 nitrogen and oxygen atoms in total. The maximum atomic E-state index is 13.5. The first kappa shape index (κ1) is 15.9. The molecular weight excluding hydrogens is 284 g/mol. The van der Waals surface area contributed by atoms with Crippen LogP contribution in [0, 0.1) is 18.6 Å². The minimum atomic E-state index is -0.266. The number of nitrogens with one attached hydrogen (secondary N) is 2. The van der Waals surface area contributed by atoms with Gasteiger partial charge in [0.25, 0.3) is 0 Å². The van der Waals surface area contributed by atoms with Crippen LogP contribution in [-0.2, 0) is 13.1 Å². The summed E-state index contributed by atoms with van der Waals surface area (Å²) in [5, 5.41) is 6.18. The molecule has 2 aromatic rings. The summed E-state index contributed by atoms with van der Waals surface area (Å²) in [5.74, 6) is 0.0876. The lowest BCUT2D eigenvalue weighted by Gasteiger charge is -2.12. The molecule has 0 bridgehead atoms. The molecule has 0 atom stereocenters. The van der Waals surface area contributed by atoms with Crippen LogP contribution in [0.25, 0.3) is 0 Å². The molecule has 0 saturated heterocycles. The number of hydrogen-bond acceptors (Lipinski definition) is 1. The molecule has 0 saturated carbocycles. The Kier molecular flexibility index (Phi) is 5.47. The van der Waals surface area contributed by atoms with E-state index in [1.807, 2.05) is 12.1 Å². The molecule has 0 spiro atoms. The van der Waals surface area contributed by atoms with Gasteiger partial charge in [0.2, 0.25) is 0 Å². The van der Waals surface area contributed by atoms with Gasteiger partial charge in [0, 0.05) is 20.1 Å². The van der Waals surface area contributed by atoms with E-state index < -0.39 is 0 Å². The van der Waals surface area contributed by atoms with Gasteiger partial charge in [0.05, 0.1) is 0 Å². The van der Waals surface area contributed by atoms with Crippen molar-refractivity contribution >= 4 is 5.96 Å². The number of aryl methyl sites for hydroxylation is 1. The van der Waals surface area contributed by atoms with E-state index in [2.05, 4.69) is 15.6 Å². The van der Waals surface area contributed by atoms with Gasteiger partial charge >= 0.3 is 0 Å². The minimum Gasteiger partial charge on any atom is -0.352 e. The van der Waals surface area contributed by atoms with Gasteiger partial charge < -0.3 is 10.6 Å². The first-order valence-electron chi connectivity index (χ1n) is 7.02. The second-order valence-electron chi connectivity index (χ2n) is 4.99. The van der Waals surface area contributed by atoms with Crippen molar-refractivity contribution in [3.63, 3.8) is 0 Å². The van der Waals surface area contributed by atoms with Crippen LogP contribution in [-0.4, -0.2) is 13.0 Å². The van der Waals surface area contributed by atoms with E-state index in [0.29, 0.717) is 24.6 Å². The van der Waals surface area contributed by atoms with E-state index in [4.69, 9.17) is 0 Å². The molecule has 0 amide bonds. The van der Waals surface area contributed by atoms with Crippen molar-refractivity contribution in [2.24, 2.45) is 4.99 Å². The highest BCUT2D eigenvalue weighted by atomic mass is 19.1. The van der Waals surface area contributed by atoms with E-state index in [1.165, 1.54) is 18.2 Å². The summed E-state index contributed by atoms with van der Waals surface area (Å²) >= 11 is 0. The summed E-state index contributed by atoms with van der Waals surface area (Å²) in [4.78, 5) is 4.09. The molecule has 0 fully saturated rings. The third-order valence-electron chi connectivity index (χ3n) is 3.27. The number of hydrogen-bond donors (Lipinski definition) is 2. The fourth-order valence-electron chi connectivity index (χ4n) is 1.99. The van der Waals surface area contributed by atoms with E-state index in [1.54, 1.807) is 26.1 Å². The fourth-order valence-corrected chi connectivity index (χ4v) is 1.99. The lowest BCUT2D eigenvalue weighted by atomic mass is 10.1. The fraction of sp³-hybridized carbons (Fsp3) is 0.235. The van der Waals surface area contributed by atoms with Crippen molar-refractivity contribution in [2.75, 3.05) is 7.05 Å². The summed E-state index contributed by atoms with van der Waals surface area (Å²) in [6.07, 6.45) is 0. The summed E-state index contributed by atoms with van der Waals surface area (Å²) in [7, 11) is 1.65. The van der Waals surface area contributed by atoms with E-state index >= 15 is 0 Å². The van der Waals surface area contributed by atoms with Crippen LogP contribution in [0.4, 0.5) is 8.78 Å². The molecule has 2 N–H and O–H groups in total. The molecule has 0 aliphatic rings. The monoisotopic (exact) mass is 303 g/mol. The van der Waals surface area contributed by atoms with Crippen LogP contribution in [0.1, 0.15) is 16.7 Å². The molecule has 2 rings (SSSR count). The average molecular weight is 303 g/mol. The highest BCUT2D eigenvalue weighted by Gasteiger charge is 2.02. The second kappa shape index (κ2) is 7.54. The third-order valence-corrected chi connectivity index (χ3v) is 3.27. The van der Waals surface area contributed by atoms with Crippen molar-refractivity contribution in [1.29, 1.82) is 0 Å². The van der Waals surface area contributed by atoms with Crippen LogP contribution in [0.2, 0.25) is 0 Å². The summed E-state index contributed by atoms with van der Waals surface area (Å²) in [6, 6.07) is 11.5. The van der Waals surface area contributed by atoms with Gasteiger partial charge in [-0.25, -0.2) is 8.78 Å². The molecule has 116 valence electrons. The van der Waals surface area contributed by atoms with Gasteiger partial charge in [-0.15, -0.1) is 0 Å². The molecule has 0 heterocycles. The first-order chi connectivity index (χ1) is 10.6. The number of halogens is 2. The highest BCUT2D eigenvalue weighted by Crippen LogP contribution is 2.08. The topological polar surface area (TPSA) is 36.4 Å². The molecule has 2 aromatic carbocycles. The molecule has 22 heavy (non-hydrogen) atoms. The van der Waals surface area contributed by atoms with E-state index in [9.17, 15) is 8.78 Å². The van der Waals surface area contributed by atoms with Gasteiger partial charge in [-0.2, -0.15) is 0 Å². The Balaban J connectivity index is 1.88.